The Balaban J connectivity index is 1.33. The lowest BCUT2D eigenvalue weighted by Crippen LogP contribution is -2.66. The Bertz CT molecular complexity index is 1040. The molecule has 1 saturated heterocycles. The summed E-state index contributed by atoms with van der Waals surface area (Å²) in [6.45, 7) is 5.15. The maximum atomic E-state index is 12.4. The van der Waals surface area contributed by atoms with E-state index in [9.17, 15) is 19.5 Å². The molecule has 1 aliphatic heterocycles. The molecule has 1 aliphatic carbocycles. The van der Waals surface area contributed by atoms with Gasteiger partial charge in [0.25, 0.3) is 0 Å². The molecule has 0 bridgehead atoms. The molecule has 0 spiro atoms. The Labute approximate surface area is 192 Å². The number of nitrogens with one attached hydrogen (secondary N) is 1. The second-order valence-corrected chi connectivity index (χ2v) is 9.60. The average Bonchev–Trinajstić information content (AvgIpc) is 3.03. The number of carbonyl (C=O) groups excluding carboxylic acids is 2. The number of benzene rings is 2. The maximum absolute atomic E-state index is 12.4. The molecule has 2 aliphatic rings. The van der Waals surface area contributed by atoms with Gasteiger partial charge in [-0.25, -0.2) is 9.59 Å². The first-order valence-electron chi connectivity index (χ1n) is 10.9. The number of amides is 2. The molecule has 8 heteroatoms. The molecule has 0 unspecified atom stereocenters. The number of hydrogen-bond acceptors (Lipinski definition) is 5. The topological polar surface area (TPSA) is 105 Å². The summed E-state index contributed by atoms with van der Waals surface area (Å²) < 4.78 is 10.8. The van der Waals surface area contributed by atoms with Gasteiger partial charge in [-0.1, -0.05) is 48.5 Å². The number of ether oxygens (including phenoxy) is 2. The Hall–Kier alpha value is -3.55. The smallest absolute Gasteiger partial charge is 0.410 e. The predicted octanol–water partition coefficient (Wildman–Crippen LogP) is 3.85. The number of nitrogens with zero attached hydrogens (tertiary/aromatic N) is 1. The van der Waals surface area contributed by atoms with E-state index in [2.05, 4.69) is 17.4 Å². The molecule has 0 aromatic heterocycles. The second-order valence-electron chi connectivity index (χ2n) is 9.60. The number of rotatable bonds is 5. The van der Waals surface area contributed by atoms with Crippen molar-refractivity contribution in [1.29, 1.82) is 0 Å². The Morgan fingerprint density at radius 1 is 1.03 bits per heavy atom. The van der Waals surface area contributed by atoms with Gasteiger partial charge in [0.2, 0.25) is 0 Å². The molecule has 0 radical (unpaired) electrons. The molecule has 2 amide bonds. The quantitative estimate of drug-likeness (QED) is 0.714. The van der Waals surface area contributed by atoms with E-state index in [1.807, 2.05) is 36.4 Å². The number of fused-ring (bicyclic) bond motifs is 3. The van der Waals surface area contributed by atoms with Gasteiger partial charge >= 0.3 is 18.2 Å². The van der Waals surface area contributed by atoms with E-state index in [-0.39, 0.29) is 32.2 Å². The first kappa shape index (κ1) is 22.6. The fourth-order valence-corrected chi connectivity index (χ4v) is 4.35. The molecule has 1 fully saturated rings. The van der Waals surface area contributed by atoms with Crippen LogP contribution in [0.4, 0.5) is 9.59 Å². The molecule has 0 saturated carbocycles. The highest BCUT2D eigenvalue weighted by Gasteiger charge is 2.52. The summed E-state index contributed by atoms with van der Waals surface area (Å²) in [5.74, 6) is -1.16. The zero-order chi connectivity index (χ0) is 23.8. The van der Waals surface area contributed by atoms with Crippen molar-refractivity contribution >= 4 is 18.2 Å². The summed E-state index contributed by atoms with van der Waals surface area (Å²) in [4.78, 5) is 37.7. The molecule has 1 heterocycles. The number of hydrogen-bond donors (Lipinski definition) is 2. The summed E-state index contributed by atoms with van der Waals surface area (Å²) in [6.07, 6.45) is -1.26. The highest BCUT2D eigenvalue weighted by molar-refractivity contribution is 5.82. The summed E-state index contributed by atoms with van der Waals surface area (Å²) in [5, 5.41) is 12.2. The zero-order valence-corrected chi connectivity index (χ0v) is 19.0. The van der Waals surface area contributed by atoms with E-state index in [1.54, 1.807) is 20.8 Å². The van der Waals surface area contributed by atoms with Crippen LogP contribution in [0.3, 0.4) is 0 Å². The third-order valence-electron chi connectivity index (χ3n) is 6.01. The van der Waals surface area contributed by atoms with Gasteiger partial charge < -0.3 is 24.8 Å². The van der Waals surface area contributed by atoms with Gasteiger partial charge in [0.1, 0.15) is 17.6 Å². The Morgan fingerprint density at radius 3 is 2.09 bits per heavy atom. The van der Waals surface area contributed by atoms with Crippen LogP contribution < -0.4 is 5.32 Å². The largest absolute Gasteiger partial charge is 0.481 e. The maximum Gasteiger partial charge on any atom is 0.410 e. The second kappa shape index (κ2) is 8.42. The van der Waals surface area contributed by atoms with Crippen molar-refractivity contribution < 1.29 is 29.0 Å². The van der Waals surface area contributed by atoms with Crippen molar-refractivity contribution in [3.05, 3.63) is 59.7 Å². The van der Waals surface area contributed by atoms with Crippen molar-refractivity contribution in [1.82, 2.24) is 10.2 Å². The summed E-state index contributed by atoms with van der Waals surface area (Å²) in [7, 11) is 0. The van der Waals surface area contributed by atoms with E-state index in [0.29, 0.717) is 0 Å². The number of likely N-dealkylation sites (tertiary alicyclic amines) is 1. The minimum atomic E-state index is -1.26. The van der Waals surface area contributed by atoms with E-state index < -0.39 is 29.2 Å². The third kappa shape index (κ3) is 4.51. The van der Waals surface area contributed by atoms with Crippen molar-refractivity contribution in [2.24, 2.45) is 5.41 Å². The molecule has 33 heavy (non-hydrogen) atoms. The van der Waals surface area contributed by atoms with Crippen molar-refractivity contribution in [3.63, 3.8) is 0 Å². The van der Waals surface area contributed by atoms with E-state index in [4.69, 9.17) is 9.47 Å². The van der Waals surface area contributed by atoms with Crippen molar-refractivity contribution in [3.8, 4) is 11.1 Å². The molecule has 4 rings (SSSR count). The van der Waals surface area contributed by atoms with E-state index in [0.717, 1.165) is 22.3 Å². The van der Waals surface area contributed by atoms with Crippen LogP contribution in [-0.4, -0.2) is 60.0 Å². The van der Waals surface area contributed by atoms with Crippen LogP contribution >= 0.6 is 0 Å². The minimum absolute atomic E-state index is 0.0408. The molecule has 2 aromatic carbocycles. The van der Waals surface area contributed by atoms with Crippen LogP contribution in [0.25, 0.3) is 11.1 Å². The number of carboxylic acids is 1. The first-order valence-corrected chi connectivity index (χ1v) is 10.9. The van der Waals surface area contributed by atoms with Gasteiger partial charge in [-0.05, 0) is 43.0 Å². The predicted molar refractivity (Wildman–Crippen MR) is 121 cm³/mol. The lowest BCUT2D eigenvalue weighted by molar-refractivity contribution is -0.158. The number of carboxylic acid groups (broad SMARTS) is 1. The lowest BCUT2D eigenvalue weighted by Gasteiger charge is -2.46. The molecule has 174 valence electrons. The molecule has 2 aromatic rings. The van der Waals surface area contributed by atoms with E-state index >= 15 is 0 Å². The number of alkyl carbamates (subject to hydrolysis) is 1. The van der Waals surface area contributed by atoms with Crippen molar-refractivity contribution in [2.45, 2.75) is 32.3 Å². The molecular formula is C25H28N2O6. The summed E-state index contributed by atoms with van der Waals surface area (Å²) in [5.41, 5.74) is 2.52. The highest BCUT2D eigenvalue weighted by atomic mass is 16.6. The van der Waals surface area contributed by atoms with Crippen LogP contribution in [0, 0.1) is 5.41 Å². The number of aliphatic carboxylic acids is 1. The van der Waals surface area contributed by atoms with Gasteiger partial charge in [0.05, 0.1) is 0 Å². The zero-order valence-electron chi connectivity index (χ0n) is 19.0. The van der Waals surface area contributed by atoms with Crippen LogP contribution in [0.1, 0.15) is 37.8 Å². The fraction of sp³-hybridized carbons (Fsp3) is 0.400. The lowest BCUT2D eigenvalue weighted by atomic mass is 9.80. The van der Waals surface area contributed by atoms with Gasteiger partial charge in [0.15, 0.2) is 0 Å². The third-order valence-corrected chi connectivity index (χ3v) is 6.01. The highest BCUT2D eigenvalue weighted by Crippen LogP contribution is 2.44. The molecular weight excluding hydrogens is 424 g/mol. The summed E-state index contributed by atoms with van der Waals surface area (Å²) in [6, 6.07) is 16.0. The van der Waals surface area contributed by atoms with Crippen LogP contribution in [0.5, 0.6) is 0 Å². The summed E-state index contributed by atoms with van der Waals surface area (Å²) >= 11 is 0. The minimum Gasteiger partial charge on any atom is -0.481 e. The fourth-order valence-electron chi connectivity index (χ4n) is 4.35. The SMILES string of the molecule is CC(C)(C)OC(=O)N1CC(CNC(=O)OCC2c3ccccc3-c3ccccc32)(C(=O)O)C1. The monoisotopic (exact) mass is 452 g/mol. The normalized spacial score (nSPS) is 16.3. The molecule has 2 N–H and O–H groups in total. The van der Waals surface area contributed by atoms with E-state index in [1.165, 1.54) is 4.90 Å². The molecule has 0 atom stereocenters. The molecule has 8 nitrogen and oxygen atoms in total. The van der Waals surface area contributed by atoms with Crippen LogP contribution in [-0.2, 0) is 14.3 Å². The number of carbonyl (C=O) groups is 3. The standard InChI is InChI=1S/C25H28N2O6/c1-24(2,3)33-23(31)27-14-25(15-27,21(28)29)13-26-22(30)32-12-20-18-10-6-4-8-16(18)17-9-5-7-11-19(17)20/h4-11,20H,12-15H2,1-3H3,(H,26,30)(H,28,29). The Morgan fingerprint density at radius 2 is 1.58 bits per heavy atom. The van der Waals surface area contributed by atoms with Gasteiger partial charge in [-0.3, -0.25) is 4.79 Å². The van der Waals surface area contributed by atoms with Crippen molar-refractivity contribution in [2.75, 3.05) is 26.2 Å². The van der Waals surface area contributed by atoms with Gasteiger partial charge in [0, 0.05) is 25.6 Å². The average molecular weight is 453 g/mol. The van der Waals surface area contributed by atoms with Crippen LogP contribution in [0.15, 0.2) is 48.5 Å². The first-order chi connectivity index (χ1) is 15.6. The Kier molecular flexibility index (Phi) is 5.78. The van der Waals surface area contributed by atoms with Crippen LogP contribution in [0.2, 0.25) is 0 Å². The van der Waals surface area contributed by atoms with Gasteiger partial charge in [-0.2, -0.15) is 0 Å². The van der Waals surface area contributed by atoms with Gasteiger partial charge in [-0.15, -0.1) is 0 Å².